The minimum Gasteiger partial charge on any atom is -0.487 e. The second-order valence-electron chi connectivity index (χ2n) is 12.1. The average molecular weight is 732 g/mol. The summed E-state index contributed by atoms with van der Waals surface area (Å²) in [7, 11) is -4.94. The normalized spacial score (nSPS) is 15.4. The molecule has 8 rings (SSSR count). The highest BCUT2D eigenvalue weighted by atomic mass is 31.2. The second kappa shape index (κ2) is 12.8. The quantitative estimate of drug-likeness (QED) is 0.0962. The van der Waals surface area contributed by atoms with Crippen molar-refractivity contribution in [1.82, 2.24) is 9.97 Å². The molecular formula is C38H26N3O11P. The number of carbonyl (C=O) groups excluding carboxylic acids is 2. The summed E-state index contributed by atoms with van der Waals surface area (Å²) in [6, 6.07) is 31.6. The first kappa shape index (κ1) is 33.4. The number of anilines is 1. The van der Waals surface area contributed by atoms with Gasteiger partial charge in [-0.3, -0.25) is 24.4 Å². The summed E-state index contributed by atoms with van der Waals surface area (Å²) in [6.07, 6.45) is 0. The van der Waals surface area contributed by atoms with Gasteiger partial charge in [-0.05, 0) is 59.7 Å². The Kier molecular flexibility index (Phi) is 8.07. The molecule has 2 aliphatic rings. The molecule has 0 saturated carbocycles. The lowest BCUT2D eigenvalue weighted by Gasteiger charge is -2.36. The second-order valence-corrected chi connectivity index (χ2v) is 13.3. The molecule has 5 aromatic carbocycles. The van der Waals surface area contributed by atoms with Crippen LogP contribution in [0.25, 0.3) is 11.1 Å². The lowest BCUT2D eigenvalue weighted by molar-refractivity contribution is 0.0224. The van der Waals surface area contributed by atoms with Gasteiger partial charge in [0.25, 0.3) is 11.5 Å². The summed E-state index contributed by atoms with van der Waals surface area (Å²) >= 11 is 0. The Morgan fingerprint density at radius 1 is 0.755 bits per heavy atom. The van der Waals surface area contributed by atoms with Crippen molar-refractivity contribution >= 4 is 25.4 Å². The Morgan fingerprint density at radius 3 is 2.11 bits per heavy atom. The average Bonchev–Trinajstić information content (AvgIpc) is 3.41. The van der Waals surface area contributed by atoms with Crippen LogP contribution in [0.3, 0.4) is 0 Å². The summed E-state index contributed by atoms with van der Waals surface area (Å²) in [5, 5.41) is 2.85. The van der Waals surface area contributed by atoms with Crippen molar-refractivity contribution in [2.45, 2.75) is 12.2 Å². The molecule has 0 aliphatic carbocycles. The molecule has 1 amide bonds. The summed E-state index contributed by atoms with van der Waals surface area (Å²) < 4.78 is 34.7. The summed E-state index contributed by atoms with van der Waals surface area (Å²) in [5.74, 6) is -0.805. The summed E-state index contributed by atoms with van der Waals surface area (Å²) in [4.78, 5) is 73.8. The third kappa shape index (κ3) is 6.38. The number of rotatable bonds is 8. The summed E-state index contributed by atoms with van der Waals surface area (Å²) in [5.41, 5.74) is 1.34. The lowest BCUT2D eigenvalue weighted by Crippen LogP contribution is -2.33. The SMILES string of the molecule is O=C(Nc1ccc2c(c1)C(=O)OC21c2ccc(OCc3cc(=O)[nH]c(=O)[nH]3)cc2Oc2cc(OP(=O)(O)O)ccc21)c1ccc(-c2ccccc2)cc1. The van der Waals surface area contributed by atoms with E-state index in [2.05, 4.69) is 15.3 Å². The van der Waals surface area contributed by atoms with Crippen molar-refractivity contribution in [3.63, 3.8) is 0 Å². The molecule has 15 heteroatoms. The van der Waals surface area contributed by atoms with Crippen LogP contribution in [0.15, 0.2) is 125 Å². The maximum absolute atomic E-state index is 13.7. The highest BCUT2D eigenvalue weighted by molar-refractivity contribution is 7.46. The Balaban J connectivity index is 1.14. The molecule has 3 heterocycles. The third-order valence-corrected chi connectivity index (χ3v) is 9.14. The van der Waals surface area contributed by atoms with Crippen LogP contribution >= 0.6 is 7.82 Å². The molecule has 0 fully saturated rings. The number of phosphoric acid groups is 1. The van der Waals surface area contributed by atoms with Crippen molar-refractivity contribution in [3.8, 4) is 34.1 Å². The largest absolute Gasteiger partial charge is 0.524 e. The molecule has 2 aliphatic heterocycles. The first-order chi connectivity index (χ1) is 25.4. The van der Waals surface area contributed by atoms with Gasteiger partial charge in [0.15, 0.2) is 5.60 Å². The Hall–Kier alpha value is -6.73. The fourth-order valence-electron chi connectivity index (χ4n) is 6.46. The molecule has 14 nitrogen and oxygen atoms in total. The first-order valence-electron chi connectivity index (χ1n) is 16.0. The zero-order valence-corrected chi connectivity index (χ0v) is 28.1. The van der Waals surface area contributed by atoms with Crippen LogP contribution in [0, 0.1) is 0 Å². The van der Waals surface area contributed by atoms with Gasteiger partial charge >= 0.3 is 19.5 Å². The molecule has 1 atom stereocenters. The van der Waals surface area contributed by atoms with Crippen molar-refractivity contribution in [2.24, 2.45) is 0 Å². The van der Waals surface area contributed by atoms with E-state index < -0.39 is 30.6 Å². The maximum Gasteiger partial charge on any atom is 0.524 e. The van der Waals surface area contributed by atoms with Gasteiger partial charge in [-0.25, -0.2) is 14.2 Å². The van der Waals surface area contributed by atoms with Gasteiger partial charge in [0, 0.05) is 46.1 Å². The van der Waals surface area contributed by atoms with E-state index in [1.165, 1.54) is 36.4 Å². The predicted octanol–water partition coefficient (Wildman–Crippen LogP) is 5.60. The van der Waals surface area contributed by atoms with Crippen LogP contribution in [0.1, 0.15) is 43.1 Å². The Labute approximate surface area is 298 Å². The van der Waals surface area contributed by atoms with Crippen LogP contribution in [-0.4, -0.2) is 31.6 Å². The van der Waals surface area contributed by atoms with Crippen molar-refractivity contribution in [3.05, 3.63) is 170 Å². The van der Waals surface area contributed by atoms with Crippen molar-refractivity contribution < 1.29 is 42.7 Å². The number of carbonyl (C=O) groups is 2. The van der Waals surface area contributed by atoms with Gasteiger partial charge < -0.3 is 29.0 Å². The number of aromatic amines is 2. The van der Waals surface area contributed by atoms with E-state index in [0.717, 1.165) is 11.1 Å². The smallest absolute Gasteiger partial charge is 0.487 e. The molecule has 53 heavy (non-hydrogen) atoms. The number of hydrogen-bond donors (Lipinski definition) is 5. The molecule has 0 bridgehead atoms. The number of amides is 1. The lowest BCUT2D eigenvalue weighted by atomic mass is 9.77. The maximum atomic E-state index is 13.7. The van der Waals surface area contributed by atoms with Gasteiger partial charge in [0.1, 0.15) is 29.6 Å². The van der Waals surface area contributed by atoms with Gasteiger partial charge in [0.05, 0.1) is 11.3 Å². The van der Waals surface area contributed by atoms with Gasteiger partial charge in [-0.2, -0.15) is 0 Å². The van der Waals surface area contributed by atoms with Crippen molar-refractivity contribution in [1.29, 1.82) is 0 Å². The third-order valence-electron chi connectivity index (χ3n) is 8.70. The van der Waals surface area contributed by atoms with Gasteiger partial charge in [-0.15, -0.1) is 0 Å². The van der Waals surface area contributed by atoms with Crippen LogP contribution < -0.4 is 30.6 Å². The standard InChI is InChI=1S/C38H26N3O11P/c42-34-17-25(40-37(45)41-34)20-49-26-11-14-30-32(18-26)50-33-19-27(52-53(46,47)48)12-15-31(33)38(30)29-13-10-24(16-28(29)36(44)51-38)39-35(43)23-8-6-22(7-9-23)21-4-2-1-3-5-21/h1-19H,20H2,(H,39,43)(H2,46,47,48)(H2,40,41,42,45). The van der Waals surface area contributed by atoms with E-state index in [1.54, 1.807) is 36.4 Å². The molecule has 1 aromatic heterocycles. The molecule has 1 unspecified atom stereocenters. The zero-order valence-electron chi connectivity index (χ0n) is 27.2. The van der Waals surface area contributed by atoms with E-state index in [4.69, 9.17) is 18.7 Å². The number of H-pyrrole nitrogens is 2. The number of esters is 1. The predicted molar refractivity (Wildman–Crippen MR) is 189 cm³/mol. The van der Waals surface area contributed by atoms with E-state index in [1.807, 2.05) is 42.5 Å². The number of nitrogens with one attached hydrogen (secondary N) is 3. The fraction of sp³-hybridized carbons (Fsp3) is 0.0526. The van der Waals surface area contributed by atoms with Crippen LogP contribution in [0.5, 0.6) is 23.0 Å². The molecular weight excluding hydrogens is 705 g/mol. The number of hydrogen-bond acceptors (Lipinski definition) is 9. The van der Waals surface area contributed by atoms with Gasteiger partial charge in [0.2, 0.25) is 0 Å². The minimum absolute atomic E-state index is 0.0662. The zero-order chi connectivity index (χ0) is 36.9. The molecule has 264 valence electrons. The first-order valence-corrected chi connectivity index (χ1v) is 17.5. The van der Waals surface area contributed by atoms with Crippen LogP contribution in [-0.2, 0) is 21.5 Å². The Bertz CT molecular complexity index is 2590. The fourth-order valence-corrected chi connectivity index (χ4v) is 6.84. The number of phosphoric ester groups is 1. The molecule has 1 spiro atoms. The highest BCUT2D eigenvalue weighted by Gasteiger charge is 2.54. The topological polar surface area (TPSA) is 206 Å². The van der Waals surface area contributed by atoms with E-state index >= 15 is 0 Å². The minimum atomic E-state index is -4.94. The van der Waals surface area contributed by atoms with E-state index in [0.29, 0.717) is 27.9 Å². The number of ether oxygens (including phenoxy) is 3. The number of benzene rings is 5. The van der Waals surface area contributed by atoms with E-state index in [-0.39, 0.29) is 46.8 Å². The monoisotopic (exact) mass is 731 g/mol. The van der Waals surface area contributed by atoms with Crippen molar-refractivity contribution in [2.75, 3.05) is 5.32 Å². The summed E-state index contributed by atoms with van der Waals surface area (Å²) in [6.45, 7) is -0.177. The molecule has 6 aromatic rings. The van der Waals surface area contributed by atoms with Gasteiger partial charge in [-0.1, -0.05) is 48.5 Å². The van der Waals surface area contributed by atoms with E-state index in [9.17, 15) is 33.5 Å². The Morgan fingerprint density at radius 2 is 1.42 bits per heavy atom. The molecule has 5 N–H and O–H groups in total. The number of fused-ring (bicyclic) bond motifs is 6. The van der Waals surface area contributed by atoms with Crippen LogP contribution in [0.2, 0.25) is 0 Å². The number of aromatic nitrogens is 2. The highest BCUT2D eigenvalue weighted by Crippen LogP contribution is 2.57. The molecule has 0 radical (unpaired) electrons. The molecule has 0 saturated heterocycles. The van der Waals surface area contributed by atoms with Crippen LogP contribution in [0.4, 0.5) is 5.69 Å².